The van der Waals surface area contributed by atoms with Gasteiger partial charge in [-0.15, -0.1) is 37.1 Å². The minimum Gasteiger partial charge on any atom is -0.311 e. The maximum Gasteiger partial charge on any atom is 0.0719 e. The lowest BCUT2D eigenvalue weighted by Crippen LogP contribution is -2.10. The Morgan fingerprint density at radius 1 is 0.464 bits per heavy atom. The molecule has 338 valence electrons. The summed E-state index contributed by atoms with van der Waals surface area (Å²) in [7, 11) is 0. The summed E-state index contributed by atoms with van der Waals surface area (Å²) in [6.07, 6.45) is 5.23. The fourth-order valence-electron chi connectivity index (χ4n) is 8.49. The summed E-state index contributed by atoms with van der Waals surface area (Å²) in [6, 6.07) is 80.8. The van der Waals surface area contributed by atoms with Gasteiger partial charge in [-0.2, -0.15) is 0 Å². The minimum atomic E-state index is 1.07. The number of benzene rings is 9. The maximum atomic E-state index is 3.96. The molecule has 0 unspecified atom stereocenters. The number of thiophene rings is 1. The summed E-state index contributed by atoms with van der Waals surface area (Å²) in [5, 5.41) is 5.10. The molecule has 0 N–H and O–H groups in total. The lowest BCUT2D eigenvalue weighted by atomic mass is 10.0. The van der Waals surface area contributed by atoms with Gasteiger partial charge in [0.15, 0.2) is 0 Å². The zero-order chi connectivity index (χ0) is 48.1. The summed E-state index contributed by atoms with van der Waals surface area (Å²) >= 11 is 5.84. The summed E-state index contributed by atoms with van der Waals surface area (Å²) in [4.78, 5) is 5.74. The Labute approximate surface area is 416 Å². The van der Waals surface area contributed by atoms with Crippen LogP contribution in [0.15, 0.2) is 274 Å². The zero-order valence-electron chi connectivity index (χ0n) is 39.1. The van der Waals surface area contributed by atoms with Gasteiger partial charge in [-0.05, 0) is 127 Å². The van der Waals surface area contributed by atoms with Gasteiger partial charge in [-0.25, -0.2) is 0 Å². The molecule has 0 aliphatic heterocycles. The van der Waals surface area contributed by atoms with Crippen molar-refractivity contribution in [2.24, 2.45) is 0 Å². The number of aromatic nitrogens is 1. The van der Waals surface area contributed by atoms with E-state index >= 15 is 0 Å². The van der Waals surface area contributed by atoms with Crippen molar-refractivity contribution < 1.29 is 0 Å². The Bertz CT molecular complexity index is 3420. The second kappa shape index (κ2) is 22.6. The van der Waals surface area contributed by atoms with E-state index in [-0.39, 0.29) is 0 Å². The van der Waals surface area contributed by atoms with Gasteiger partial charge in [0, 0.05) is 66.1 Å². The highest BCUT2D eigenvalue weighted by atomic mass is 32.1. The molecule has 0 bridgehead atoms. The van der Waals surface area contributed by atoms with E-state index in [0.717, 1.165) is 44.7 Å². The van der Waals surface area contributed by atoms with Crippen molar-refractivity contribution in [2.75, 3.05) is 9.80 Å². The highest BCUT2D eigenvalue weighted by Crippen LogP contribution is 2.45. The van der Waals surface area contributed by atoms with Crippen LogP contribution < -0.4 is 9.80 Å². The van der Waals surface area contributed by atoms with E-state index in [2.05, 4.69) is 278 Å². The summed E-state index contributed by atoms with van der Waals surface area (Å²) < 4.78 is 5.08. The molecule has 5 heteroatoms. The molecule has 2 aromatic heterocycles. The molecule has 69 heavy (non-hydrogen) atoms. The van der Waals surface area contributed by atoms with Gasteiger partial charge in [-0.1, -0.05) is 159 Å². The van der Waals surface area contributed by atoms with Crippen LogP contribution in [-0.4, -0.2) is 4.57 Å². The molecule has 0 radical (unpaired) electrons. The molecule has 0 fully saturated rings. The standard InChI is InChI=1S/C54H37N3S.C4H8S.C4H6.C2H4/c1-5-15-40(16-6-1)55(41-17-7-2-8-18-41)44-29-25-38(26-30-44)39-27-31-45(32-28-39)56(42-19-9-3-10-20-42)46-33-36-51-50(37-46)48-34-35-49-47-23-13-14-24-52(47)58-54(49)53(48)57(51)43-21-11-4-12-22-43;1-3-4(2)5;1-3-4-2;1-2/h1-37H;3,5H,1-2H3;3-4H,1-2H2;1-2H2/b;4-3+;;. The number of fused-ring (bicyclic) bond motifs is 7. The van der Waals surface area contributed by atoms with Gasteiger partial charge < -0.3 is 14.4 Å². The molecule has 11 aromatic rings. The summed E-state index contributed by atoms with van der Waals surface area (Å²) in [5.74, 6) is 0. The normalized spacial score (nSPS) is 10.9. The van der Waals surface area contributed by atoms with Crippen molar-refractivity contribution in [3.05, 3.63) is 274 Å². The van der Waals surface area contributed by atoms with E-state index in [4.69, 9.17) is 0 Å². The molecule has 0 spiro atoms. The van der Waals surface area contributed by atoms with Crippen molar-refractivity contribution in [2.45, 2.75) is 13.8 Å². The summed E-state index contributed by atoms with van der Waals surface area (Å²) in [5.41, 5.74) is 12.7. The van der Waals surface area contributed by atoms with Crippen molar-refractivity contribution in [1.82, 2.24) is 4.57 Å². The molecule has 9 aromatic carbocycles. The van der Waals surface area contributed by atoms with Crippen LogP contribution in [-0.2, 0) is 0 Å². The number of thiol groups is 1. The van der Waals surface area contributed by atoms with Crippen molar-refractivity contribution in [3.63, 3.8) is 0 Å². The second-order valence-corrected chi connectivity index (χ2v) is 17.7. The van der Waals surface area contributed by atoms with E-state index in [9.17, 15) is 0 Å². The number of anilines is 6. The van der Waals surface area contributed by atoms with Crippen molar-refractivity contribution in [1.29, 1.82) is 0 Å². The summed E-state index contributed by atoms with van der Waals surface area (Å²) in [6.45, 7) is 16.6. The SMILES string of the molecule is C/C=C(\C)S.C=C.C=CC=C.c1ccc(N(c2ccccc2)c2ccc(-c3ccc(N(c4ccccc4)c4ccc5c(c4)c4ccc6c7ccccc7sc6c4n5-c4ccccc4)cc3)cc2)cc1. The van der Waals surface area contributed by atoms with Crippen LogP contribution >= 0.6 is 24.0 Å². The average molecular weight is 930 g/mol. The number of nitrogens with zero attached hydrogens (tertiary/aromatic N) is 3. The van der Waals surface area contributed by atoms with Crippen molar-refractivity contribution in [3.8, 4) is 16.8 Å². The monoisotopic (exact) mass is 929 g/mol. The Balaban J connectivity index is 0.000000532. The Kier molecular flexibility index (Phi) is 15.5. The highest BCUT2D eigenvalue weighted by Gasteiger charge is 2.21. The number of rotatable bonds is 9. The first kappa shape index (κ1) is 47.4. The van der Waals surface area contributed by atoms with Crippen LogP contribution in [0.5, 0.6) is 0 Å². The van der Waals surface area contributed by atoms with Gasteiger partial charge in [0.1, 0.15) is 0 Å². The third-order valence-corrected chi connectivity index (χ3v) is 13.2. The Morgan fingerprint density at radius 2 is 0.870 bits per heavy atom. The predicted octanol–water partition coefficient (Wildman–Crippen LogP) is 19.8. The van der Waals surface area contributed by atoms with Gasteiger partial charge in [0.05, 0.1) is 15.7 Å². The maximum absolute atomic E-state index is 3.96. The smallest absolute Gasteiger partial charge is 0.0719 e. The third-order valence-electron chi connectivity index (χ3n) is 11.7. The molecule has 0 atom stereocenters. The van der Waals surface area contributed by atoms with Crippen LogP contribution in [0.4, 0.5) is 34.1 Å². The van der Waals surface area contributed by atoms with Gasteiger partial charge in [-0.3, -0.25) is 0 Å². The lowest BCUT2D eigenvalue weighted by molar-refractivity contribution is 1.19. The number of hydrogen-bond acceptors (Lipinski definition) is 4. The molecule has 2 heterocycles. The van der Waals surface area contributed by atoms with E-state index < -0.39 is 0 Å². The molecule has 0 aliphatic carbocycles. The molecule has 0 aliphatic rings. The molecular weight excluding hydrogens is 875 g/mol. The first-order valence-electron chi connectivity index (χ1n) is 22.9. The van der Waals surface area contributed by atoms with E-state index in [1.54, 1.807) is 12.2 Å². The third kappa shape index (κ3) is 10.3. The molecule has 3 nitrogen and oxygen atoms in total. The van der Waals surface area contributed by atoms with Crippen LogP contribution in [0, 0.1) is 0 Å². The number of allylic oxidation sites excluding steroid dienone is 4. The molecule has 0 amide bonds. The molecular formula is C64H55N3S2. The highest BCUT2D eigenvalue weighted by molar-refractivity contribution is 7.84. The average Bonchev–Trinajstić information content (AvgIpc) is 3.97. The van der Waals surface area contributed by atoms with Crippen molar-refractivity contribution >= 4 is 100 Å². The van der Waals surface area contributed by atoms with Gasteiger partial charge in [0.2, 0.25) is 0 Å². The fourth-order valence-corrected chi connectivity index (χ4v) is 9.73. The van der Waals surface area contributed by atoms with Crippen LogP contribution in [0.25, 0.3) is 58.8 Å². The predicted molar refractivity (Wildman–Crippen MR) is 309 cm³/mol. The largest absolute Gasteiger partial charge is 0.311 e. The first-order valence-corrected chi connectivity index (χ1v) is 24.2. The van der Waals surface area contributed by atoms with Crippen LogP contribution in [0.1, 0.15) is 13.8 Å². The lowest BCUT2D eigenvalue weighted by Gasteiger charge is -2.26. The topological polar surface area (TPSA) is 11.4 Å². The molecule has 0 saturated carbocycles. The second-order valence-electron chi connectivity index (χ2n) is 16.0. The first-order chi connectivity index (χ1) is 34.0. The molecule has 11 rings (SSSR count). The van der Waals surface area contributed by atoms with Crippen LogP contribution in [0.2, 0.25) is 0 Å². The van der Waals surface area contributed by atoms with E-state index in [1.807, 2.05) is 31.3 Å². The number of para-hydroxylation sites is 4. The van der Waals surface area contributed by atoms with Gasteiger partial charge in [0.25, 0.3) is 0 Å². The Morgan fingerprint density at radius 3 is 1.35 bits per heavy atom. The van der Waals surface area contributed by atoms with E-state index in [0.29, 0.717) is 0 Å². The van der Waals surface area contributed by atoms with Crippen LogP contribution in [0.3, 0.4) is 0 Å². The quantitative estimate of drug-likeness (QED) is 0.0879. The minimum absolute atomic E-state index is 1.07. The fraction of sp³-hybridized carbons (Fsp3) is 0.0312. The van der Waals surface area contributed by atoms with E-state index in [1.165, 1.54) is 53.1 Å². The Hall–Kier alpha value is -8.09. The molecule has 0 saturated heterocycles. The zero-order valence-corrected chi connectivity index (χ0v) is 40.8. The van der Waals surface area contributed by atoms with Gasteiger partial charge >= 0.3 is 0 Å². The number of hydrogen-bond donors (Lipinski definition) is 1.